The number of hydrogen-bond donors (Lipinski definition) is 0. The lowest BCUT2D eigenvalue weighted by molar-refractivity contribution is -0.117. The maximum atomic E-state index is 11.7. The molecule has 0 radical (unpaired) electrons. The summed E-state index contributed by atoms with van der Waals surface area (Å²) in [5, 5.41) is 10.7. The minimum Gasteiger partial charge on any atom is -0.314 e. The zero-order chi connectivity index (χ0) is 12.3. The highest BCUT2D eigenvalue weighted by molar-refractivity contribution is 6.03. The molecule has 0 fully saturated rings. The molecular weight excluding hydrogens is 212 g/mol. The van der Waals surface area contributed by atoms with E-state index in [4.69, 9.17) is 5.26 Å². The quantitative estimate of drug-likeness (QED) is 0.787. The van der Waals surface area contributed by atoms with E-state index in [2.05, 4.69) is 0 Å². The average molecular weight is 224 g/mol. The first kappa shape index (κ1) is 11.2. The Hall–Kier alpha value is -2.34. The lowest BCUT2D eigenvalue weighted by Crippen LogP contribution is -2.25. The van der Waals surface area contributed by atoms with Gasteiger partial charge in [0.1, 0.15) is 6.42 Å². The third kappa shape index (κ3) is 2.11. The van der Waals surface area contributed by atoms with Crippen molar-refractivity contribution in [1.82, 2.24) is 0 Å². The van der Waals surface area contributed by atoms with Crippen LogP contribution in [0.4, 0.5) is 5.69 Å². The van der Waals surface area contributed by atoms with Gasteiger partial charge in [-0.2, -0.15) is 5.26 Å². The molecule has 0 N–H and O–H groups in total. The molecule has 0 aromatic heterocycles. The van der Waals surface area contributed by atoms with Crippen LogP contribution in [0, 0.1) is 11.3 Å². The van der Waals surface area contributed by atoms with Gasteiger partial charge in [-0.1, -0.05) is 36.4 Å². The molecule has 0 bridgehead atoms. The van der Waals surface area contributed by atoms with Crippen molar-refractivity contribution < 1.29 is 4.79 Å². The van der Waals surface area contributed by atoms with Gasteiger partial charge in [0.15, 0.2) is 0 Å². The molecule has 3 heteroatoms. The summed E-state index contributed by atoms with van der Waals surface area (Å²) >= 11 is 0. The minimum absolute atomic E-state index is 0.0975. The summed E-state index contributed by atoms with van der Waals surface area (Å²) in [7, 11) is 1.70. The van der Waals surface area contributed by atoms with Gasteiger partial charge in [-0.15, -0.1) is 0 Å². The second-order valence-corrected chi connectivity index (χ2v) is 3.79. The van der Waals surface area contributed by atoms with Crippen LogP contribution in [0.25, 0.3) is 10.8 Å². The van der Waals surface area contributed by atoms with Gasteiger partial charge in [-0.25, -0.2) is 0 Å². The fourth-order valence-electron chi connectivity index (χ4n) is 1.82. The number of rotatable bonds is 2. The number of anilines is 1. The number of carbonyl (C=O) groups excluding carboxylic acids is 1. The van der Waals surface area contributed by atoms with Crippen LogP contribution in [0.2, 0.25) is 0 Å². The molecule has 3 nitrogen and oxygen atoms in total. The first-order chi connectivity index (χ1) is 8.24. The number of carbonyl (C=O) groups is 1. The topological polar surface area (TPSA) is 44.1 Å². The highest BCUT2D eigenvalue weighted by Gasteiger charge is 2.12. The summed E-state index contributed by atoms with van der Waals surface area (Å²) in [5.41, 5.74) is 0.836. The maximum Gasteiger partial charge on any atom is 0.240 e. The predicted molar refractivity (Wildman–Crippen MR) is 67.6 cm³/mol. The molecule has 2 rings (SSSR count). The van der Waals surface area contributed by atoms with Crippen molar-refractivity contribution in [3.8, 4) is 6.07 Å². The van der Waals surface area contributed by atoms with Crippen molar-refractivity contribution in [2.45, 2.75) is 6.42 Å². The van der Waals surface area contributed by atoms with Crippen LogP contribution in [-0.4, -0.2) is 13.0 Å². The maximum absolute atomic E-state index is 11.7. The molecule has 17 heavy (non-hydrogen) atoms. The Morgan fingerprint density at radius 2 is 1.94 bits per heavy atom. The van der Waals surface area contributed by atoms with Crippen LogP contribution in [0.5, 0.6) is 0 Å². The summed E-state index contributed by atoms with van der Waals surface area (Å²) in [6, 6.07) is 15.5. The second kappa shape index (κ2) is 4.67. The first-order valence-electron chi connectivity index (χ1n) is 5.35. The van der Waals surface area contributed by atoms with E-state index in [1.54, 1.807) is 7.05 Å². The molecule has 0 atom stereocenters. The fourth-order valence-corrected chi connectivity index (χ4v) is 1.82. The molecule has 0 saturated heterocycles. The van der Waals surface area contributed by atoms with E-state index in [-0.39, 0.29) is 12.3 Å². The summed E-state index contributed by atoms with van der Waals surface area (Å²) in [4.78, 5) is 13.2. The van der Waals surface area contributed by atoms with E-state index in [9.17, 15) is 4.79 Å². The van der Waals surface area contributed by atoms with Crippen molar-refractivity contribution in [3.63, 3.8) is 0 Å². The highest BCUT2D eigenvalue weighted by atomic mass is 16.2. The standard InChI is InChI=1S/C14H12N2O/c1-16(14(17)9-10-15)13-8-4-6-11-5-2-3-7-12(11)13/h2-8H,9H2,1H3. The Bertz CT molecular complexity index is 593. The van der Waals surface area contributed by atoms with Crippen molar-refractivity contribution in [1.29, 1.82) is 5.26 Å². The molecule has 0 aliphatic heterocycles. The molecular formula is C14H12N2O. The smallest absolute Gasteiger partial charge is 0.240 e. The van der Waals surface area contributed by atoms with Crippen LogP contribution in [0.3, 0.4) is 0 Å². The molecule has 0 spiro atoms. The Kier molecular flexibility index (Phi) is 3.06. The van der Waals surface area contributed by atoms with Crippen LogP contribution < -0.4 is 4.90 Å². The molecule has 0 saturated carbocycles. The lowest BCUT2D eigenvalue weighted by atomic mass is 10.1. The number of benzene rings is 2. The van der Waals surface area contributed by atoms with E-state index in [0.717, 1.165) is 16.5 Å². The number of nitrogens with zero attached hydrogens (tertiary/aromatic N) is 2. The van der Waals surface area contributed by atoms with Crippen LogP contribution in [0.1, 0.15) is 6.42 Å². The third-order valence-corrected chi connectivity index (χ3v) is 2.73. The van der Waals surface area contributed by atoms with Crippen LogP contribution in [-0.2, 0) is 4.79 Å². The monoisotopic (exact) mass is 224 g/mol. The van der Waals surface area contributed by atoms with E-state index >= 15 is 0 Å². The van der Waals surface area contributed by atoms with Gasteiger partial charge in [0.2, 0.25) is 5.91 Å². The summed E-state index contributed by atoms with van der Waals surface area (Å²) in [6.45, 7) is 0. The third-order valence-electron chi connectivity index (χ3n) is 2.73. The fraction of sp³-hybridized carbons (Fsp3) is 0.143. The highest BCUT2D eigenvalue weighted by Crippen LogP contribution is 2.26. The molecule has 2 aromatic rings. The Labute approximate surface area is 99.9 Å². The molecule has 0 unspecified atom stereocenters. The van der Waals surface area contributed by atoms with Gasteiger partial charge >= 0.3 is 0 Å². The van der Waals surface area contributed by atoms with Gasteiger partial charge in [-0.05, 0) is 11.5 Å². The summed E-state index contributed by atoms with van der Waals surface area (Å²) in [6.07, 6.45) is -0.0975. The van der Waals surface area contributed by atoms with Crippen molar-refractivity contribution in [2.24, 2.45) is 0 Å². The van der Waals surface area contributed by atoms with Crippen LogP contribution in [0.15, 0.2) is 42.5 Å². The zero-order valence-corrected chi connectivity index (χ0v) is 9.55. The summed E-state index contributed by atoms with van der Waals surface area (Å²) < 4.78 is 0. The Morgan fingerprint density at radius 1 is 1.24 bits per heavy atom. The number of hydrogen-bond acceptors (Lipinski definition) is 2. The Morgan fingerprint density at radius 3 is 2.71 bits per heavy atom. The molecule has 0 aliphatic carbocycles. The predicted octanol–water partition coefficient (Wildman–Crippen LogP) is 2.72. The molecule has 2 aromatic carbocycles. The van der Waals surface area contributed by atoms with Crippen molar-refractivity contribution >= 4 is 22.4 Å². The molecule has 0 aliphatic rings. The average Bonchev–Trinajstić information content (AvgIpc) is 2.37. The van der Waals surface area contributed by atoms with Crippen molar-refractivity contribution in [2.75, 3.05) is 11.9 Å². The van der Waals surface area contributed by atoms with Gasteiger partial charge in [0.05, 0.1) is 11.8 Å². The van der Waals surface area contributed by atoms with E-state index in [1.807, 2.05) is 48.5 Å². The van der Waals surface area contributed by atoms with Crippen LogP contribution >= 0.6 is 0 Å². The van der Waals surface area contributed by atoms with Gasteiger partial charge < -0.3 is 4.90 Å². The van der Waals surface area contributed by atoms with E-state index < -0.39 is 0 Å². The van der Waals surface area contributed by atoms with E-state index in [0.29, 0.717) is 0 Å². The molecule has 0 heterocycles. The largest absolute Gasteiger partial charge is 0.314 e. The lowest BCUT2D eigenvalue weighted by Gasteiger charge is -2.18. The second-order valence-electron chi connectivity index (χ2n) is 3.79. The normalized spacial score (nSPS) is 9.88. The zero-order valence-electron chi connectivity index (χ0n) is 9.55. The van der Waals surface area contributed by atoms with Gasteiger partial charge in [-0.3, -0.25) is 4.79 Å². The first-order valence-corrected chi connectivity index (χ1v) is 5.35. The summed E-state index contributed by atoms with van der Waals surface area (Å²) in [5.74, 6) is -0.191. The number of amides is 1. The number of fused-ring (bicyclic) bond motifs is 1. The van der Waals surface area contributed by atoms with E-state index in [1.165, 1.54) is 4.90 Å². The van der Waals surface area contributed by atoms with Crippen molar-refractivity contribution in [3.05, 3.63) is 42.5 Å². The molecule has 84 valence electrons. The minimum atomic E-state index is -0.191. The number of nitriles is 1. The SMILES string of the molecule is CN(C(=O)CC#N)c1cccc2ccccc12. The van der Waals surface area contributed by atoms with Gasteiger partial charge in [0.25, 0.3) is 0 Å². The Balaban J connectivity index is 2.49. The van der Waals surface area contributed by atoms with Gasteiger partial charge in [0, 0.05) is 12.4 Å². The molecule has 1 amide bonds.